The lowest BCUT2D eigenvalue weighted by atomic mass is 10.2. The number of benzene rings is 1. The Morgan fingerprint density at radius 2 is 2.10 bits per heavy atom. The maximum atomic E-state index is 11.1. The lowest BCUT2D eigenvalue weighted by Crippen LogP contribution is -2.14. The van der Waals surface area contributed by atoms with E-state index in [0.29, 0.717) is 22.0 Å². The van der Waals surface area contributed by atoms with Gasteiger partial charge in [0.05, 0.1) is 28.0 Å². The smallest absolute Gasteiger partial charge is 0.267 e. The molecule has 0 bridgehead atoms. The molecule has 1 aromatic heterocycles. The zero-order chi connectivity index (χ0) is 14.7. The third kappa shape index (κ3) is 2.79. The van der Waals surface area contributed by atoms with Crippen molar-refractivity contribution in [3.63, 3.8) is 0 Å². The number of carbonyl (C=O) groups is 1. The molecule has 100 valence electrons. The first-order chi connectivity index (χ1) is 9.51. The molecule has 1 aromatic carbocycles. The molecule has 0 radical (unpaired) electrons. The highest BCUT2D eigenvalue weighted by atomic mass is 35.5. The van der Waals surface area contributed by atoms with Crippen molar-refractivity contribution in [3.05, 3.63) is 46.6 Å². The van der Waals surface area contributed by atoms with Crippen LogP contribution in [0.4, 0.5) is 17.2 Å². The van der Waals surface area contributed by atoms with E-state index in [0.717, 1.165) is 0 Å². The molecule has 5 N–H and O–H groups in total. The third-order valence-corrected chi connectivity index (χ3v) is 2.84. The molecule has 0 aliphatic carbocycles. The average Bonchev–Trinajstić information content (AvgIpc) is 2.42. The highest BCUT2D eigenvalue weighted by Gasteiger charge is 2.09. The molecule has 2 rings (SSSR count). The minimum absolute atomic E-state index is 0.0893. The summed E-state index contributed by atoms with van der Waals surface area (Å²) in [5.41, 5.74) is 12.3. The predicted molar refractivity (Wildman–Crippen MR) is 76.6 cm³/mol. The first kappa shape index (κ1) is 13.6. The van der Waals surface area contributed by atoms with Gasteiger partial charge in [-0.2, -0.15) is 5.26 Å². The largest absolute Gasteiger partial charge is 0.396 e. The summed E-state index contributed by atoms with van der Waals surface area (Å²) in [6.45, 7) is 0. The topological polar surface area (TPSA) is 118 Å². The number of pyridine rings is 1. The molecule has 0 atom stereocenters. The van der Waals surface area contributed by atoms with Crippen LogP contribution in [0.5, 0.6) is 0 Å². The fraction of sp³-hybridized carbons (Fsp3) is 0. The Morgan fingerprint density at radius 3 is 2.70 bits per heavy atom. The Kier molecular flexibility index (Phi) is 3.73. The van der Waals surface area contributed by atoms with Crippen molar-refractivity contribution < 1.29 is 4.79 Å². The summed E-state index contributed by atoms with van der Waals surface area (Å²) >= 11 is 6.04. The maximum Gasteiger partial charge on any atom is 0.267 e. The number of rotatable bonds is 3. The van der Waals surface area contributed by atoms with E-state index in [-0.39, 0.29) is 11.5 Å². The van der Waals surface area contributed by atoms with Crippen LogP contribution in [0, 0.1) is 11.3 Å². The highest BCUT2D eigenvalue weighted by molar-refractivity contribution is 6.33. The summed E-state index contributed by atoms with van der Waals surface area (Å²) in [5, 5.41) is 12.0. The zero-order valence-electron chi connectivity index (χ0n) is 10.2. The van der Waals surface area contributed by atoms with Gasteiger partial charge >= 0.3 is 0 Å². The van der Waals surface area contributed by atoms with Crippen molar-refractivity contribution >= 4 is 34.7 Å². The van der Waals surface area contributed by atoms with Gasteiger partial charge < -0.3 is 16.8 Å². The minimum Gasteiger partial charge on any atom is -0.396 e. The van der Waals surface area contributed by atoms with E-state index in [4.69, 9.17) is 28.3 Å². The SMILES string of the molecule is N#Cc1ccc(Nc2nc(C(N)=O)ccc2N)c(Cl)c1. The molecule has 0 spiro atoms. The first-order valence-corrected chi connectivity index (χ1v) is 5.92. The number of aromatic nitrogens is 1. The molecule has 0 saturated heterocycles. The van der Waals surface area contributed by atoms with Crippen LogP contribution < -0.4 is 16.8 Å². The molecule has 0 unspecified atom stereocenters. The quantitative estimate of drug-likeness (QED) is 0.798. The number of hydrogen-bond acceptors (Lipinski definition) is 5. The van der Waals surface area contributed by atoms with Crippen LogP contribution in [0.3, 0.4) is 0 Å². The number of primary amides is 1. The number of anilines is 3. The number of nitrogen functional groups attached to an aromatic ring is 1. The molecule has 0 aliphatic rings. The van der Waals surface area contributed by atoms with Crippen LogP contribution in [0.15, 0.2) is 30.3 Å². The van der Waals surface area contributed by atoms with Gasteiger partial charge in [-0.1, -0.05) is 11.6 Å². The Balaban J connectivity index is 2.37. The fourth-order valence-corrected chi connectivity index (χ4v) is 1.75. The van der Waals surface area contributed by atoms with Gasteiger partial charge in [0.15, 0.2) is 5.82 Å². The lowest BCUT2D eigenvalue weighted by Gasteiger charge is -2.10. The van der Waals surface area contributed by atoms with Crippen molar-refractivity contribution in [3.8, 4) is 6.07 Å². The summed E-state index contributed by atoms with van der Waals surface area (Å²) in [5.74, 6) is -0.383. The zero-order valence-corrected chi connectivity index (χ0v) is 11.0. The molecule has 1 heterocycles. The number of amides is 1. The Morgan fingerprint density at radius 1 is 1.35 bits per heavy atom. The van der Waals surface area contributed by atoms with Gasteiger partial charge in [0.1, 0.15) is 5.69 Å². The van der Waals surface area contributed by atoms with Crippen LogP contribution in [0.1, 0.15) is 16.1 Å². The molecular formula is C13H10ClN5O. The summed E-state index contributed by atoms with van der Waals surface area (Å²) in [4.78, 5) is 15.1. The van der Waals surface area contributed by atoms with Crippen molar-refractivity contribution in [2.45, 2.75) is 0 Å². The van der Waals surface area contributed by atoms with Crippen molar-refractivity contribution in [1.82, 2.24) is 4.98 Å². The van der Waals surface area contributed by atoms with E-state index >= 15 is 0 Å². The Labute approximate surface area is 120 Å². The summed E-state index contributed by atoms with van der Waals surface area (Å²) in [7, 11) is 0. The molecule has 1 amide bonds. The van der Waals surface area contributed by atoms with Gasteiger partial charge in [0, 0.05) is 0 Å². The van der Waals surface area contributed by atoms with E-state index < -0.39 is 5.91 Å². The van der Waals surface area contributed by atoms with Crippen LogP contribution in [-0.4, -0.2) is 10.9 Å². The second kappa shape index (κ2) is 5.47. The molecule has 0 saturated carbocycles. The van der Waals surface area contributed by atoms with E-state index in [2.05, 4.69) is 10.3 Å². The van der Waals surface area contributed by atoms with Gasteiger partial charge in [0.25, 0.3) is 5.91 Å². The highest BCUT2D eigenvalue weighted by Crippen LogP contribution is 2.28. The number of carbonyl (C=O) groups excluding carboxylic acids is 1. The number of halogens is 1. The second-order valence-electron chi connectivity index (χ2n) is 3.93. The molecule has 7 heteroatoms. The maximum absolute atomic E-state index is 11.1. The van der Waals surface area contributed by atoms with Gasteiger partial charge in [0.2, 0.25) is 0 Å². The normalized spacial score (nSPS) is 9.80. The average molecular weight is 288 g/mol. The Hall–Kier alpha value is -2.78. The Bertz CT molecular complexity index is 723. The van der Waals surface area contributed by atoms with Gasteiger partial charge in [-0.3, -0.25) is 4.79 Å². The monoisotopic (exact) mass is 287 g/mol. The second-order valence-corrected chi connectivity index (χ2v) is 4.34. The van der Waals surface area contributed by atoms with Crippen molar-refractivity contribution in [2.75, 3.05) is 11.1 Å². The number of nitrogens with two attached hydrogens (primary N) is 2. The van der Waals surface area contributed by atoms with Crippen LogP contribution >= 0.6 is 11.6 Å². The number of nitrogens with one attached hydrogen (secondary N) is 1. The number of hydrogen-bond donors (Lipinski definition) is 3. The molecule has 6 nitrogen and oxygen atoms in total. The van der Waals surface area contributed by atoms with Gasteiger partial charge in [-0.25, -0.2) is 4.98 Å². The first-order valence-electron chi connectivity index (χ1n) is 5.54. The molecule has 0 aliphatic heterocycles. The van der Waals surface area contributed by atoms with Crippen LogP contribution in [0.25, 0.3) is 0 Å². The van der Waals surface area contributed by atoms with Gasteiger partial charge in [-0.15, -0.1) is 0 Å². The van der Waals surface area contributed by atoms with E-state index in [1.807, 2.05) is 6.07 Å². The van der Waals surface area contributed by atoms with E-state index in [9.17, 15) is 4.79 Å². The molecule has 0 fully saturated rings. The van der Waals surface area contributed by atoms with Crippen molar-refractivity contribution in [2.24, 2.45) is 5.73 Å². The molecular weight excluding hydrogens is 278 g/mol. The van der Waals surface area contributed by atoms with Crippen LogP contribution in [-0.2, 0) is 0 Å². The fourth-order valence-electron chi connectivity index (χ4n) is 1.52. The molecule has 20 heavy (non-hydrogen) atoms. The van der Waals surface area contributed by atoms with E-state index in [1.54, 1.807) is 12.1 Å². The van der Waals surface area contributed by atoms with Crippen LogP contribution in [0.2, 0.25) is 5.02 Å². The number of nitrogens with zero attached hydrogens (tertiary/aromatic N) is 2. The molecule has 2 aromatic rings. The lowest BCUT2D eigenvalue weighted by molar-refractivity contribution is 0.0996. The summed E-state index contributed by atoms with van der Waals surface area (Å²) in [6, 6.07) is 9.67. The van der Waals surface area contributed by atoms with Crippen molar-refractivity contribution in [1.29, 1.82) is 5.26 Å². The number of nitriles is 1. The van der Waals surface area contributed by atoms with E-state index in [1.165, 1.54) is 18.2 Å². The predicted octanol–water partition coefficient (Wildman–Crippen LogP) is 2.03. The standard InChI is InChI=1S/C13H10ClN5O/c14-8-5-7(6-15)1-3-10(8)18-13-9(16)2-4-11(19-13)12(17)20/h1-5H,16H2,(H2,17,20)(H,18,19). The van der Waals surface area contributed by atoms with Gasteiger partial charge in [-0.05, 0) is 30.3 Å². The third-order valence-electron chi connectivity index (χ3n) is 2.53. The minimum atomic E-state index is -0.654. The summed E-state index contributed by atoms with van der Waals surface area (Å²) < 4.78 is 0. The summed E-state index contributed by atoms with van der Waals surface area (Å²) in [6.07, 6.45) is 0.